The molecule has 1 saturated carbocycles. The molecule has 102 valence electrons. The molecule has 2 fully saturated rings. The monoisotopic (exact) mass is 258 g/mol. The highest BCUT2D eigenvalue weighted by Gasteiger charge is 2.53. The largest absolute Gasteiger partial charge is 0.342 e. The first-order chi connectivity index (χ1) is 9.26. The molecule has 0 spiro atoms. The predicted octanol–water partition coefficient (Wildman–Crippen LogP) is 1.92. The molecule has 1 aliphatic heterocycles. The van der Waals surface area contributed by atoms with Crippen LogP contribution in [0.3, 0.4) is 0 Å². The average molecular weight is 258 g/mol. The molecule has 0 radical (unpaired) electrons. The van der Waals surface area contributed by atoms with Crippen LogP contribution < -0.4 is 5.73 Å². The third-order valence-corrected chi connectivity index (χ3v) is 4.63. The fourth-order valence-corrected chi connectivity index (χ4v) is 3.25. The number of carbonyl (C=O) groups is 1. The topological polar surface area (TPSA) is 46.3 Å². The average Bonchev–Trinajstić information content (AvgIpc) is 3.29. The smallest absolute Gasteiger partial charge is 0.233 e. The molecule has 1 amide bonds. The zero-order valence-corrected chi connectivity index (χ0v) is 11.3. The Balaban J connectivity index is 1.77. The van der Waals surface area contributed by atoms with Gasteiger partial charge in [-0.15, -0.1) is 0 Å². The molecular formula is C16H22N2O. The van der Waals surface area contributed by atoms with Crippen LogP contribution in [0.4, 0.5) is 0 Å². The minimum atomic E-state index is -0.211. The number of amides is 1. The second kappa shape index (κ2) is 4.97. The number of nitrogens with zero attached hydrogens (tertiary/aromatic N) is 1. The minimum Gasteiger partial charge on any atom is -0.342 e. The zero-order valence-electron chi connectivity index (χ0n) is 11.3. The van der Waals surface area contributed by atoms with E-state index in [1.54, 1.807) is 0 Å². The van der Waals surface area contributed by atoms with Crippen molar-refractivity contribution in [2.45, 2.75) is 31.1 Å². The molecule has 3 heteroatoms. The van der Waals surface area contributed by atoms with Crippen LogP contribution in [0.2, 0.25) is 0 Å². The number of benzene rings is 1. The fraction of sp³-hybridized carbons (Fsp3) is 0.562. The molecule has 1 saturated heterocycles. The van der Waals surface area contributed by atoms with Gasteiger partial charge in [0, 0.05) is 13.1 Å². The van der Waals surface area contributed by atoms with Crippen molar-refractivity contribution >= 4 is 5.91 Å². The molecular weight excluding hydrogens is 236 g/mol. The van der Waals surface area contributed by atoms with Crippen molar-refractivity contribution in [2.75, 3.05) is 19.6 Å². The van der Waals surface area contributed by atoms with E-state index in [-0.39, 0.29) is 5.41 Å². The Hall–Kier alpha value is -1.35. The van der Waals surface area contributed by atoms with Crippen LogP contribution in [-0.4, -0.2) is 30.4 Å². The first-order valence-corrected chi connectivity index (χ1v) is 7.31. The maximum absolute atomic E-state index is 12.8. The molecule has 19 heavy (non-hydrogen) atoms. The van der Waals surface area contributed by atoms with Crippen molar-refractivity contribution in [3.63, 3.8) is 0 Å². The number of likely N-dealkylation sites (tertiary alicyclic amines) is 1. The van der Waals surface area contributed by atoms with Crippen LogP contribution in [0.5, 0.6) is 0 Å². The summed E-state index contributed by atoms with van der Waals surface area (Å²) in [7, 11) is 0. The third kappa shape index (κ3) is 2.27. The molecule has 3 rings (SSSR count). The summed E-state index contributed by atoms with van der Waals surface area (Å²) in [5.74, 6) is 0.820. The quantitative estimate of drug-likeness (QED) is 0.900. The van der Waals surface area contributed by atoms with Gasteiger partial charge < -0.3 is 10.6 Å². The van der Waals surface area contributed by atoms with E-state index in [1.807, 2.05) is 18.2 Å². The number of rotatable bonds is 3. The lowest BCUT2D eigenvalue weighted by molar-refractivity contribution is -0.135. The molecule has 1 aromatic rings. The number of hydrogen-bond acceptors (Lipinski definition) is 2. The summed E-state index contributed by atoms with van der Waals surface area (Å²) in [6, 6.07) is 10.3. The molecule has 2 N–H and O–H groups in total. The summed E-state index contributed by atoms with van der Waals surface area (Å²) < 4.78 is 0. The second-order valence-corrected chi connectivity index (χ2v) is 5.94. The van der Waals surface area contributed by atoms with E-state index >= 15 is 0 Å². The van der Waals surface area contributed by atoms with Gasteiger partial charge in [-0.2, -0.15) is 0 Å². The lowest BCUT2D eigenvalue weighted by Gasteiger charge is -2.35. The summed E-state index contributed by atoms with van der Waals surface area (Å²) in [6.45, 7) is 2.45. The lowest BCUT2D eigenvalue weighted by Crippen LogP contribution is -2.46. The Kier molecular flexibility index (Phi) is 3.31. The molecule has 1 aromatic carbocycles. The van der Waals surface area contributed by atoms with E-state index < -0.39 is 0 Å². The van der Waals surface area contributed by atoms with Gasteiger partial charge in [0.15, 0.2) is 0 Å². The van der Waals surface area contributed by atoms with Crippen molar-refractivity contribution < 1.29 is 4.79 Å². The van der Waals surface area contributed by atoms with Gasteiger partial charge in [-0.05, 0) is 43.7 Å². The van der Waals surface area contributed by atoms with Gasteiger partial charge >= 0.3 is 0 Å². The lowest BCUT2D eigenvalue weighted by atomic mass is 9.91. The van der Waals surface area contributed by atoms with Crippen molar-refractivity contribution in [2.24, 2.45) is 11.7 Å². The van der Waals surface area contributed by atoms with Gasteiger partial charge in [0.1, 0.15) is 0 Å². The molecule has 0 aromatic heterocycles. The SMILES string of the molecule is NCC1CCCN(C(=O)C2(c3ccccc3)CC2)C1. The van der Waals surface area contributed by atoms with Gasteiger partial charge in [0.2, 0.25) is 5.91 Å². The summed E-state index contributed by atoms with van der Waals surface area (Å²) in [5, 5.41) is 0. The van der Waals surface area contributed by atoms with Gasteiger partial charge in [0.05, 0.1) is 5.41 Å². The molecule has 1 unspecified atom stereocenters. The van der Waals surface area contributed by atoms with E-state index in [0.717, 1.165) is 32.4 Å². The maximum Gasteiger partial charge on any atom is 0.233 e. The van der Waals surface area contributed by atoms with E-state index in [4.69, 9.17) is 5.73 Å². The van der Waals surface area contributed by atoms with Crippen LogP contribution in [0.1, 0.15) is 31.2 Å². The van der Waals surface area contributed by atoms with Crippen LogP contribution in [0.15, 0.2) is 30.3 Å². The molecule has 0 bridgehead atoms. The Morgan fingerprint density at radius 3 is 2.68 bits per heavy atom. The number of nitrogens with two attached hydrogens (primary N) is 1. The molecule has 1 heterocycles. The second-order valence-electron chi connectivity index (χ2n) is 5.94. The van der Waals surface area contributed by atoms with Gasteiger partial charge in [0.25, 0.3) is 0 Å². The zero-order chi connectivity index (χ0) is 13.3. The Labute approximate surface area is 114 Å². The van der Waals surface area contributed by atoms with Crippen LogP contribution in [0, 0.1) is 5.92 Å². The summed E-state index contributed by atoms with van der Waals surface area (Å²) in [6.07, 6.45) is 4.26. The van der Waals surface area contributed by atoms with Gasteiger partial charge in [-0.3, -0.25) is 4.79 Å². The van der Waals surface area contributed by atoms with E-state index in [9.17, 15) is 4.79 Å². The molecule has 2 aliphatic rings. The normalized spacial score (nSPS) is 25.1. The summed E-state index contributed by atoms with van der Waals surface area (Å²) in [4.78, 5) is 14.9. The number of hydrogen-bond donors (Lipinski definition) is 1. The van der Waals surface area contributed by atoms with E-state index in [2.05, 4.69) is 17.0 Å². The molecule has 1 aliphatic carbocycles. The minimum absolute atomic E-state index is 0.211. The Bertz CT molecular complexity index is 453. The highest BCUT2D eigenvalue weighted by Crippen LogP contribution is 2.49. The van der Waals surface area contributed by atoms with Gasteiger partial charge in [-0.1, -0.05) is 30.3 Å². The first-order valence-electron chi connectivity index (χ1n) is 7.31. The van der Waals surface area contributed by atoms with Crippen molar-refractivity contribution in [1.82, 2.24) is 4.90 Å². The Morgan fingerprint density at radius 1 is 1.32 bits per heavy atom. The summed E-state index contributed by atoms with van der Waals surface area (Å²) >= 11 is 0. The first kappa shape index (κ1) is 12.7. The van der Waals surface area contributed by atoms with Crippen molar-refractivity contribution in [3.05, 3.63) is 35.9 Å². The van der Waals surface area contributed by atoms with Crippen molar-refractivity contribution in [3.8, 4) is 0 Å². The maximum atomic E-state index is 12.8. The Morgan fingerprint density at radius 2 is 2.05 bits per heavy atom. The highest BCUT2D eigenvalue weighted by molar-refractivity contribution is 5.91. The number of carbonyl (C=O) groups excluding carboxylic acids is 1. The van der Waals surface area contributed by atoms with E-state index in [0.29, 0.717) is 18.4 Å². The molecule has 3 nitrogen and oxygen atoms in total. The van der Waals surface area contributed by atoms with Crippen LogP contribution in [-0.2, 0) is 10.2 Å². The van der Waals surface area contributed by atoms with Crippen LogP contribution >= 0.6 is 0 Å². The third-order valence-electron chi connectivity index (χ3n) is 4.63. The molecule has 1 atom stereocenters. The van der Waals surface area contributed by atoms with E-state index in [1.165, 1.54) is 12.0 Å². The van der Waals surface area contributed by atoms with Gasteiger partial charge in [-0.25, -0.2) is 0 Å². The van der Waals surface area contributed by atoms with Crippen molar-refractivity contribution in [1.29, 1.82) is 0 Å². The standard InChI is InChI=1S/C16H22N2O/c17-11-13-5-4-10-18(12-13)15(19)16(8-9-16)14-6-2-1-3-7-14/h1-3,6-7,13H,4-5,8-12,17H2. The number of piperidine rings is 1. The van der Waals surface area contributed by atoms with Crippen LogP contribution in [0.25, 0.3) is 0 Å². The summed E-state index contributed by atoms with van der Waals surface area (Å²) in [5.41, 5.74) is 6.74. The fourth-order valence-electron chi connectivity index (χ4n) is 3.25. The predicted molar refractivity (Wildman–Crippen MR) is 75.7 cm³/mol. The highest BCUT2D eigenvalue weighted by atomic mass is 16.2.